The molecule has 1 aromatic carbocycles. The van der Waals surface area contributed by atoms with E-state index in [4.69, 9.17) is 0 Å². The lowest BCUT2D eigenvalue weighted by atomic mass is 10.1. The smallest absolute Gasteiger partial charge is 0.255 e. The average Bonchev–Trinajstić information content (AvgIpc) is 2.93. The van der Waals surface area contributed by atoms with Crippen LogP contribution in [0.5, 0.6) is 0 Å². The van der Waals surface area contributed by atoms with Crippen LogP contribution in [-0.4, -0.2) is 28.9 Å². The highest BCUT2D eigenvalue weighted by Gasteiger charge is 2.25. The Morgan fingerprint density at radius 1 is 1.32 bits per heavy atom. The first-order chi connectivity index (χ1) is 10.5. The van der Waals surface area contributed by atoms with Gasteiger partial charge in [-0.25, -0.2) is 0 Å². The van der Waals surface area contributed by atoms with Crippen LogP contribution >= 0.6 is 15.9 Å². The number of benzene rings is 1. The Balaban J connectivity index is 1.88. The Hall–Kier alpha value is -1.68. The highest BCUT2D eigenvalue weighted by Crippen LogP contribution is 2.24. The third-order valence-electron chi connectivity index (χ3n) is 4.15. The molecule has 1 atom stereocenters. The van der Waals surface area contributed by atoms with Gasteiger partial charge in [0.25, 0.3) is 5.91 Å². The predicted molar refractivity (Wildman–Crippen MR) is 91.8 cm³/mol. The lowest BCUT2D eigenvalue weighted by Gasteiger charge is -2.17. The molecule has 1 fully saturated rings. The van der Waals surface area contributed by atoms with Crippen LogP contribution in [0.1, 0.15) is 29.4 Å². The number of aromatic nitrogens is 1. The first-order valence-corrected chi connectivity index (χ1v) is 8.37. The minimum Gasteiger partial charge on any atom is -0.338 e. The zero-order valence-electron chi connectivity index (χ0n) is 12.8. The van der Waals surface area contributed by atoms with E-state index in [2.05, 4.69) is 27.8 Å². The Morgan fingerprint density at radius 3 is 2.77 bits per heavy atom. The second-order valence-corrected chi connectivity index (χ2v) is 6.90. The largest absolute Gasteiger partial charge is 0.338 e. The van der Waals surface area contributed by atoms with E-state index in [0.29, 0.717) is 11.5 Å². The molecule has 22 heavy (non-hydrogen) atoms. The van der Waals surface area contributed by atoms with Crippen LogP contribution in [0.25, 0.3) is 11.3 Å². The van der Waals surface area contributed by atoms with Crippen molar-refractivity contribution < 1.29 is 4.79 Å². The molecule has 1 aliphatic rings. The molecule has 0 saturated carbocycles. The number of pyridine rings is 1. The summed E-state index contributed by atoms with van der Waals surface area (Å²) in [5.41, 5.74) is 3.45. The van der Waals surface area contributed by atoms with Crippen LogP contribution in [0, 0.1) is 12.8 Å². The monoisotopic (exact) mass is 358 g/mol. The van der Waals surface area contributed by atoms with Gasteiger partial charge in [-0.15, -0.1) is 0 Å². The maximum atomic E-state index is 12.6. The fourth-order valence-electron chi connectivity index (χ4n) is 2.89. The first-order valence-electron chi connectivity index (χ1n) is 7.57. The number of rotatable bonds is 2. The van der Waals surface area contributed by atoms with Gasteiger partial charge in [-0.2, -0.15) is 0 Å². The number of hydrogen-bond donors (Lipinski definition) is 0. The number of likely N-dealkylation sites (tertiary alicyclic amines) is 1. The van der Waals surface area contributed by atoms with E-state index < -0.39 is 0 Å². The Bertz CT molecular complexity index is 714. The molecule has 1 amide bonds. The molecule has 3 nitrogen and oxygen atoms in total. The summed E-state index contributed by atoms with van der Waals surface area (Å²) in [6.07, 6.45) is 1.09. The van der Waals surface area contributed by atoms with Crippen molar-refractivity contribution in [3.05, 3.63) is 52.1 Å². The van der Waals surface area contributed by atoms with E-state index in [0.717, 1.165) is 40.9 Å². The van der Waals surface area contributed by atoms with Crippen molar-refractivity contribution in [3.63, 3.8) is 0 Å². The zero-order valence-corrected chi connectivity index (χ0v) is 14.4. The molecule has 114 valence electrons. The maximum Gasteiger partial charge on any atom is 0.255 e. The molecule has 0 spiro atoms. The van der Waals surface area contributed by atoms with Crippen molar-refractivity contribution in [2.75, 3.05) is 13.1 Å². The van der Waals surface area contributed by atoms with Crippen molar-refractivity contribution in [1.82, 2.24) is 9.88 Å². The van der Waals surface area contributed by atoms with Gasteiger partial charge in [0, 0.05) is 23.1 Å². The molecular weight excluding hydrogens is 340 g/mol. The van der Waals surface area contributed by atoms with Crippen LogP contribution < -0.4 is 0 Å². The molecule has 2 heterocycles. The third kappa shape index (κ3) is 3.07. The number of carbonyl (C=O) groups excluding carboxylic acids is 1. The lowest BCUT2D eigenvalue weighted by Crippen LogP contribution is -2.29. The fourth-order valence-corrected chi connectivity index (χ4v) is 3.28. The zero-order chi connectivity index (χ0) is 15.7. The van der Waals surface area contributed by atoms with Crippen molar-refractivity contribution in [2.45, 2.75) is 20.3 Å². The quantitative estimate of drug-likeness (QED) is 0.801. The summed E-state index contributed by atoms with van der Waals surface area (Å²) in [4.78, 5) is 19.2. The molecule has 0 N–H and O–H groups in total. The second kappa shape index (κ2) is 6.21. The summed E-state index contributed by atoms with van der Waals surface area (Å²) < 4.78 is 1.02. The molecule has 4 heteroatoms. The van der Waals surface area contributed by atoms with Gasteiger partial charge >= 0.3 is 0 Å². The van der Waals surface area contributed by atoms with E-state index in [1.807, 2.05) is 48.2 Å². The molecule has 1 saturated heterocycles. The van der Waals surface area contributed by atoms with Gasteiger partial charge in [-0.05, 0) is 43.5 Å². The molecule has 0 bridgehead atoms. The minimum atomic E-state index is 0.107. The molecule has 2 aromatic rings. The van der Waals surface area contributed by atoms with Gasteiger partial charge in [0.15, 0.2) is 0 Å². The van der Waals surface area contributed by atoms with Crippen LogP contribution in [-0.2, 0) is 0 Å². The van der Waals surface area contributed by atoms with E-state index >= 15 is 0 Å². The molecule has 0 unspecified atom stereocenters. The summed E-state index contributed by atoms with van der Waals surface area (Å²) in [6.45, 7) is 5.81. The fraction of sp³-hybridized carbons (Fsp3) is 0.333. The number of amides is 1. The second-order valence-electron chi connectivity index (χ2n) is 5.98. The molecule has 0 aliphatic carbocycles. The Morgan fingerprint density at radius 2 is 2.14 bits per heavy atom. The highest BCUT2D eigenvalue weighted by atomic mass is 79.9. The first kappa shape index (κ1) is 15.2. The SMILES string of the molecule is Cc1nc(-c2cccc(Br)c2)ccc1C(=O)N1CC[C@@H](C)C1. The van der Waals surface area contributed by atoms with Crippen LogP contribution in [0.3, 0.4) is 0 Å². The van der Waals surface area contributed by atoms with Gasteiger partial charge in [-0.3, -0.25) is 9.78 Å². The van der Waals surface area contributed by atoms with E-state index in [-0.39, 0.29) is 5.91 Å². The van der Waals surface area contributed by atoms with E-state index in [9.17, 15) is 4.79 Å². The highest BCUT2D eigenvalue weighted by molar-refractivity contribution is 9.10. The number of hydrogen-bond acceptors (Lipinski definition) is 2. The lowest BCUT2D eigenvalue weighted by molar-refractivity contribution is 0.0787. The molecule has 3 rings (SSSR count). The average molecular weight is 359 g/mol. The van der Waals surface area contributed by atoms with Crippen molar-refractivity contribution in [3.8, 4) is 11.3 Å². The number of nitrogens with zero attached hydrogens (tertiary/aromatic N) is 2. The topological polar surface area (TPSA) is 33.2 Å². The van der Waals surface area contributed by atoms with Crippen molar-refractivity contribution in [2.24, 2.45) is 5.92 Å². The van der Waals surface area contributed by atoms with Crippen molar-refractivity contribution >= 4 is 21.8 Å². The number of halogens is 1. The van der Waals surface area contributed by atoms with Crippen LogP contribution in [0.4, 0.5) is 0 Å². The summed E-state index contributed by atoms with van der Waals surface area (Å²) in [5.74, 6) is 0.702. The predicted octanol–water partition coefficient (Wildman–Crippen LogP) is 4.30. The van der Waals surface area contributed by atoms with Gasteiger partial charge in [0.1, 0.15) is 0 Å². The summed E-state index contributed by atoms with van der Waals surface area (Å²) in [6, 6.07) is 11.9. The van der Waals surface area contributed by atoms with E-state index in [1.54, 1.807) is 0 Å². The number of carbonyl (C=O) groups is 1. The van der Waals surface area contributed by atoms with Crippen LogP contribution in [0.2, 0.25) is 0 Å². The standard InChI is InChI=1S/C18H19BrN2O/c1-12-8-9-21(11-12)18(22)16-6-7-17(20-13(16)2)14-4-3-5-15(19)10-14/h3-7,10,12H,8-9,11H2,1-2H3/t12-/m1/s1. The molecule has 1 aliphatic heterocycles. The van der Waals surface area contributed by atoms with E-state index in [1.165, 1.54) is 0 Å². The normalized spacial score (nSPS) is 17.8. The van der Waals surface area contributed by atoms with Gasteiger partial charge in [0.2, 0.25) is 0 Å². The summed E-state index contributed by atoms with van der Waals surface area (Å²) >= 11 is 3.48. The molecular formula is C18H19BrN2O. The number of aryl methyl sites for hydroxylation is 1. The maximum absolute atomic E-state index is 12.6. The minimum absolute atomic E-state index is 0.107. The van der Waals surface area contributed by atoms with Gasteiger partial charge < -0.3 is 4.90 Å². The Labute approximate surface area is 139 Å². The summed E-state index contributed by atoms with van der Waals surface area (Å²) in [7, 11) is 0. The molecule has 1 aromatic heterocycles. The van der Waals surface area contributed by atoms with Gasteiger partial charge in [-0.1, -0.05) is 35.0 Å². The molecule has 0 radical (unpaired) electrons. The van der Waals surface area contributed by atoms with Crippen LogP contribution in [0.15, 0.2) is 40.9 Å². The third-order valence-corrected chi connectivity index (χ3v) is 4.64. The Kier molecular flexibility index (Phi) is 4.30. The van der Waals surface area contributed by atoms with Gasteiger partial charge in [0.05, 0.1) is 17.0 Å². The van der Waals surface area contributed by atoms with Crippen molar-refractivity contribution in [1.29, 1.82) is 0 Å². The summed E-state index contributed by atoms with van der Waals surface area (Å²) in [5, 5.41) is 0.